The van der Waals surface area contributed by atoms with Crippen LogP contribution in [0.15, 0.2) is 30.5 Å². The quantitative estimate of drug-likeness (QED) is 0.850. The summed E-state index contributed by atoms with van der Waals surface area (Å²) in [6, 6.07) is 7.57. The van der Waals surface area contributed by atoms with Gasteiger partial charge in [-0.15, -0.1) is 11.3 Å². The van der Waals surface area contributed by atoms with Gasteiger partial charge in [-0.05, 0) is 30.5 Å². The average Bonchev–Trinajstić information content (AvgIpc) is 3.02. The molecule has 0 saturated carbocycles. The third-order valence-corrected chi connectivity index (χ3v) is 4.70. The summed E-state index contributed by atoms with van der Waals surface area (Å²) >= 11 is 1.21. The van der Waals surface area contributed by atoms with Crippen molar-refractivity contribution >= 4 is 17.2 Å². The van der Waals surface area contributed by atoms with Crippen molar-refractivity contribution in [1.29, 1.82) is 0 Å². The fraction of sp³-hybridized carbons (Fsp3) is 0.412. The normalized spacial score (nSPS) is 13.7. The largest absolute Gasteiger partial charge is 0.497 e. The lowest BCUT2D eigenvalue weighted by Crippen LogP contribution is -2.31. The molecule has 0 aliphatic rings. The second kappa shape index (κ2) is 7.57. The zero-order valence-electron chi connectivity index (χ0n) is 13.7. The van der Waals surface area contributed by atoms with Gasteiger partial charge in [-0.2, -0.15) is 0 Å². The summed E-state index contributed by atoms with van der Waals surface area (Å²) in [7, 11) is 1.63. The van der Waals surface area contributed by atoms with E-state index >= 15 is 0 Å². The number of hydrogen-bond acceptors (Lipinski definition) is 5. The van der Waals surface area contributed by atoms with Crippen LogP contribution in [0, 0.1) is 5.92 Å². The van der Waals surface area contributed by atoms with E-state index in [4.69, 9.17) is 4.74 Å². The number of aliphatic hydroxyl groups is 1. The van der Waals surface area contributed by atoms with Crippen molar-refractivity contribution in [3.63, 3.8) is 0 Å². The number of carbonyl (C=O) groups excluding carboxylic acids is 1. The molecule has 0 saturated heterocycles. The Labute approximate surface area is 140 Å². The van der Waals surface area contributed by atoms with Crippen molar-refractivity contribution in [2.75, 3.05) is 7.11 Å². The Hall–Kier alpha value is -1.92. The highest BCUT2D eigenvalue weighted by Crippen LogP contribution is 2.26. The van der Waals surface area contributed by atoms with Gasteiger partial charge < -0.3 is 15.2 Å². The molecule has 2 aromatic rings. The number of rotatable bonds is 6. The van der Waals surface area contributed by atoms with Crippen molar-refractivity contribution in [3.05, 3.63) is 45.9 Å². The van der Waals surface area contributed by atoms with Crippen LogP contribution in [0.2, 0.25) is 0 Å². The minimum Gasteiger partial charge on any atom is -0.497 e. The van der Waals surface area contributed by atoms with Gasteiger partial charge in [0, 0.05) is 0 Å². The number of methoxy groups -OCH3 is 1. The number of hydrogen-bond donors (Lipinski definition) is 2. The van der Waals surface area contributed by atoms with Crippen LogP contribution >= 0.6 is 11.3 Å². The molecule has 0 unspecified atom stereocenters. The van der Waals surface area contributed by atoms with E-state index in [1.165, 1.54) is 17.5 Å². The smallest absolute Gasteiger partial charge is 0.263 e. The highest BCUT2D eigenvalue weighted by molar-refractivity contribution is 7.13. The molecule has 0 aliphatic carbocycles. The van der Waals surface area contributed by atoms with Crippen molar-refractivity contribution in [2.24, 2.45) is 5.92 Å². The molecular weight excluding hydrogens is 312 g/mol. The summed E-state index contributed by atoms with van der Waals surface area (Å²) in [5.74, 6) is 0.840. The van der Waals surface area contributed by atoms with Gasteiger partial charge in [0.2, 0.25) is 0 Å². The topological polar surface area (TPSA) is 71.5 Å². The molecule has 5 nitrogen and oxygen atoms in total. The molecule has 0 aliphatic heterocycles. The summed E-state index contributed by atoms with van der Waals surface area (Å²) in [5, 5.41) is 13.1. The van der Waals surface area contributed by atoms with Gasteiger partial charge in [0.05, 0.1) is 19.3 Å². The van der Waals surface area contributed by atoms with E-state index in [9.17, 15) is 9.90 Å². The summed E-state index contributed by atoms with van der Waals surface area (Å²) in [4.78, 5) is 17.0. The summed E-state index contributed by atoms with van der Waals surface area (Å²) in [6.45, 7) is 5.75. The first-order chi connectivity index (χ1) is 10.9. The maximum absolute atomic E-state index is 12.4. The molecule has 1 aromatic heterocycles. The fourth-order valence-corrected chi connectivity index (χ4v) is 3.00. The molecule has 2 rings (SSSR count). The maximum Gasteiger partial charge on any atom is 0.263 e. The Balaban J connectivity index is 2.16. The second-order valence-corrected chi connectivity index (χ2v) is 6.77. The first-order valence-corrected chi connectivity index (χ1v) is 8.32. The SMILES string of the molecule is COc1ccc([C@H](NC(=O)c2cnc([C@H](C)O)s2)C(C)C)cc1. The molecule has 0 fully saturated rings. The molecule has 6 heteroatoms. The standard InChI is InChI=1S/C17H22N2O3S/c1-10(2)15(12-5-7-13(22-4)8-6-12)19-16(21)14-9-18-17(23-14)11(3)20/h5-11,15,20H,1-4H3,(H,19,21)/t11-,15+/m0/s1. The summed E-state index contributed by atoms with van der Waals surface area (Å²) in [5.41, 5.74) is 1.02. The predicted molar refractivity (Wildman–Crippen MR) is 90.8 cm³/mol. The first-order valence-electron chi connectivity index (χ1n) is 7.51. The molecule has 0 bridgehead atoms. The van der Waals surface area contributed by atoms with Crippen molar-refractivity contribution in [1.82, 2.24) is 10.3 Å². The predicted octanol–water partition coefficient (Wildman–Crippen LogP) is 3.33. The van der Waals surface area contributed by atoms with E-state index in [0.29, 0.717) is 9.88 Å². The van der Waals surface area contributed by atoms with Crippen LogP contribution in [0.1, 0.15) is 53.2 Å². The molecule has 23 heavy (non-hydrogen) atoms. The monoisotopic (exact) mass is 334 g/mol. The number of benzene rings is 1. The molecule has 2 atom stereocenters. The number of carbonyl (C=O) groups is 1. The van der Waals surface area contributed by atoms with E-state index in [-0.39, 0.29) is 17.9 Å². The highest BCUT2D eigenvalue weighted by atomic mass is 32.1. The average molecular weight is 334 g/mol. The van der Waals surface area contributed by atoms with E-state index < -0.39 is 6.10 Å². The van der Waals surface area contributed by atoms with E-state index in [0.717, 1.165) is 11.3 Å². The zero-order chi connectivity index (χ0) is 17.0. The minimum atomic E-state index is -0.663. The lowest BCUT2D eigenvalue weighted by Gasteiger charge is -2.22. The van der Waals surface area contributed by atoms with Crippen LogP contribution in [-0.2, 0) is 0 Å². The van der Waals surface area contributed by atoms with E-state index in [1.807, 2.05) is 24.3 Å². The Morgan fingerprint density at radius 3 is 2.39 bits per heavy atom. The molecular formula is C17H22N2O3S. The Morgan fingerprint density at radius 1 is 1.26 bits per heavy atom. The first kappa shape index (κ1) is 17.4. The van der Waals surface area contributed by atoms with Crippen LogP contribution in [0.25, 0.3) is 0 Å². The van der Waals surface area contributed by atoms with E-state index in [1.54, 1.807) is 14.0 Å². The van der Waals surface area contributed by atoms with Crippen LogP contribution in [0.4, 0.5) is 0 Å². The molecule has 1 aromatic carbocycles. The number of nitrogens with zero attached hydrogens (tertiary/aromatic N) is 1. The van der Waals surface area contributed by atoms with Crippen molar-refractivity contribution in [2.45, 2.75) is 32.9 Å². The highest BCUT2D eigenvalue weighted by Gasteiger charge is 2.21. The van der Waals surface area contributed by atoms with Gasteiger partial charge in [0.15, 0.2) is 0 Å². The molecule has 0 radical (unpaired) electrons. The van der Waals surface area contributed by atoms with Gasteiger partial charge in [0.25, 0.3) is 5.91 Å². The van der Waals surface area contributed by atoms with Crippen molar-refractivity contribution in [3.8, 4) is 5.75 Å². The zero-order valence-corrected chi connectivity index (χ0v) is 14.6. The van der Waals surface area contributed by atoms with Gasteiger partial charge in [-0.3, -0.25) is 4.79 Å². The Morgan fingerprint density at radius 2 is 1.91 bits per heavy atom. The number of thiazole rings is 1. The molecule has 0 spiro atoms. The van der Waals surface area contributed by atoms with Crippen LogP contribution in [-0.4, -0.2) is 23.1 Å². The number of amides is 1. The van der Waals surface area contributed by atoms with Crippen LogP contribution in [0.5, 0.6) is 5.75 Å². The molecule has 124 valence electrons. The van der Waals surface area contributed by atoms with Gasteiger partial charge in [-0.25, -0.2) is 4.98 Å². The lowest BCUT2D eigenvalue weighted by molar-refractivity contribution is 0.0929. The molecule has 1 amide bonds. The molecule has 1 heterocycles. The number of ether oxygens (including phenoxy) is 1. The number of nitrogens with one attached hydrogen (secondary N) is 1. The van der Waals surface area contributed by atoms with Crippen LogP contribution < -0.4 is 10.1 Å². The summed E-state index contributed by atoms with van der Waals surface area (Å²) in [6.07, 6.45) is 0.844. The van der Waals surface area contributed by atoms with Crippen LogP contribution in [0.3, 0.4) is 0 Å². The van der Waals surface area contributed by atoms with E-state index in [2.05, 4.69) is 24.1 Å². The fourth-order valence-electron chi connectivity index (χ4n) is 2.24. The maximum atomic E-state index is 12.4. The number of aromatic nitrogens is 1. The minimum absolute atomic E-state index is 0.106. The lowest BCUT2D eigenvalue weighted by atomic mass is 9.96. The summed E-state index contributed by atoms with van der Waals surface area (Å²) < 4.78 is 5.17. The Kier molecular flexibility index (Phi) is 5.74. The van der Waals surface area contributed by atoms with Gasteiger partial charge >= 0.3 is 0 Å². The Bertz CT molecular complexity index is 650. The number of aliphatic hydroxyl groups excluding tert-OH is 1. The third kappa shape index (κ3) is 4.30. The molecule has 2 N–H and O–H groups in total. The third-order valence-electron chi connectivity index (χ3n) is 3.53. The second-order valence-electron chi connectivity index (χ2n) is 5.71. The van der Waals surface area contributed by atoms with Crippen molar-refractivity contribution < 1.29 is 14.6 Å². The van der Waals surface area contributed by atoms with Gasteiger partial charge in [-0.1, -0.05) is 26.0 Å². The van der Waals surface area contributed by atoms with Gasteiger partial charge in [0.1, 0.15) is 21.7 Å².